The molecule has 0 aliphatic carbocycles. The highest BCUT2D eigenvalue weighted by Gasteiger charge is 2.27. The van der Waals surface area contributed by atoms with Crippen molar-refractivity contribution in [2.24, 2.45) is 11.8 Å². The van der Waals surface area contributed by atoms with Gasteiger partial charge in [-0.05, 0) is 44.0 Å². The van der Waals surface area contributed by atoms with Crippen molar-refractivity contribution in [2.75, 3.05) is 26.7 Å². The number of hydrogen-bond acceptors (Lipinski definition) is 4. The van der Waals surface area contributed by atoms with Gasteiger partial charge in [0.1, 0.15) is 4.21 Å². The Balaban J connectivity index is 2.96. The molecule has 0 spiro atoms. The molecule has 0 amide bonds. The molecule has 0 saturated heterocycles. The van der Waals surface area contributed by atoms with Crippen molar-refractivity contribution in [3.8, 4) is 0 Å². The van der Waals surface area contributed by atoms with Crippen LogP contribution in [0.4, 0.5) is 0 Å². The van der Waals surface area contributed by atoms with Crippen LogP contribution in [0.2, 0.25) is 0 Å². The van der Waals surface area contributed by atoms with Gasteiger partial charge in [0.2, 0.25) is 0 Å². The Morgan fingerprint density at radius 2 is 1.71 bits per heavy atom. The Kier molecular flexibility index (Phi) is 7.33. The third-order valence-corrected chi connectivity index (χ3v) is 6.43. The zero-order valence-electron chi connectivity index (χ0n) is 13.7. The highest BCUT2D eigenvalue weighted by molar-refractivity contribution is 7.91. The summed E-state index contributed by atoms with van der Waals surface area (Å²) in [4.78, 5) is 1.11. The van der Waals surface area contributed by atoms with Gasteiger partial charge >= 0.3 is 0 Å². The second-order valence-corrected chi connectivity index (χ2v) is 9.52. The minimum atomic E-state index is -3.36. The number of likely N-dealkylation sites (N-methyl/N-ethyl adjacent to an activating group) is 1. The minimum absolute atomic E-state index is 0.322. The molecule has 0 saturated carbocycles. The molecule has 1 heterocycles. The van der Waals surface area contributed by atoms with Crippen molar-refractivity contribution >= 4 is 21.4 Å². The second-order valence-electron chi connectivity index (χ2n) is 6.18. The van der Waals surface area contributed by atoms with Crippen LogP contribution < -0.4 is 5.32 Å². The summed E-state index contributed by atoms with van der Waals surface area (Å²) >= 11 is 1.39. The fourth-order valence-corrected chi connectivity index (χ4v) is 5.37. The summed E-state index contributed by atoms with van der Waals surface area (Å²) in [5, 5.41) is 3.09. The van der Waals surface area contributed by atoms with Gasteiger partial charge in [0.05, 0.1) is 0 Å². The Bertz CT molecular complexity index is 512. The average molecular weight is 333 g/mol. The van der Waals surface area contributed by atoms with Crippen LogP contribution in [-0.4, -0.2) is 39.4 Å². The number of rotatable bonds is 9. The van der Waals surface area contributed by atoms with Crippen molar-refractivity contribution < 1.29 is 8.42 Å². The topological polar surface area (TPSA) is 49.4 Å². The van der Waals surface area contributed by atoms with Gasteiger partial charge in [-0.25, -0.2) is 8.42 Å². The molecule has 122 valence electrons. The van der Waals surface area contributed by atoms with E-state index < -0.39 is 10.0 Å². The summed E-state index contributed by atoms with van der Waals surface area (Å²) in [5.74, 6) is 0.643. The normalized spacial score (nSPS) is 12.8. The summed E-state index contributed by atoms with van der Waals surface area (Å²) in [6.45, 7) is 10.2. The maximum absolute atomic E-state index is 12.8. The highest BCUT2D eigenvalue weighted by atomic mass is 32.2. The lowest BCUT2D eigenvalue weighted by Crippen LogP contribution is -2.36. The predicted molar refractivity (Wildman–Crippen MR) is 90.4 cm³/mol. The first kappa shape index (κ1) is 18.6. The molecule has 6 heteroatoms. The lowest BCUT2D eigenvalue weighted by Gasteiger charge is -2.24. The molecule has 21 heavy (non-hydrogen) atoms. The quantitative estimate of drug-likeness (QED) is 0.756. The highest BCUT2D eigenvalue weighted by Crippen LogP contribution is 2.26. The van der Waals surface area contributed by atoms with Crippen LogP contribution in [0.25, 0.3) is 0 Å². The van der Waals surface area contributed by atoms with Crippen LogP contribution in [0.3, 0.4) is 0 Å². The number of sulfonamides is 1. The molecular formula is C15H28N2O2S2. The van der Waals surface area contributed by atoms with Crippen LogP contribution in [0.15, 0.2) is 16.3 Å². The molecule has 0 aromatic carbocycles. The van der Waals surface area contributed by atoms with Gasteiger partial charge in [0, 0.05) is 18.0 Å². The van der Waals surface area contributed by atoms with E-state index in [2.05, 4.69) is 33.0 Å². The molecule has 0 radical (unpaired) electrons. The Morgan fingerprint density at radius 3 is 2.19 bits per heavy atom. The van der Waals surface area contributed by atoms with Gasteiger partial charge in [0.15, 0.2) is 0 Å². The molecule has 0 aliphatic heterocycles. The smallest absolute Gasteiger partial charge is 0.252 e. The van der Waals surface area contributed by atoms with E-state index in [0.29, 0.717) is 29.1 Å². The fourth-order valence-electron chi connectivity index (χ4n) is 2.09. The Hall–Kier alpha value is -0.430. The van der Waals surface area contributed by atoms with Gasteiger partial charge in [-0.1, -0.05) is 27.7 Å². The van der Waals surface area contributed by atoms with Crippen molar-refractivity contribution in [3.05, 3.63) is 17.0 Å². The molecule has 0 fully saturated rings. The summed E-state index contributed by atoms with van der Waals surface area (Å²) in [6.07, 6.45) is 0.866. The second kappa shape index (κ2) is 8.27. The number of nitrogens with zero attached hydrogens (tertiary/aromatic N) is 1. The van der Waals surface area contributed by atoms with E-state index in [9.17, 15) is 8.42 Å². The van der Waals surface area contributed by atoms with E-state index in [1.165, 1.54) is 11.3 Å². The SMILES string of the molecule is CNCCc1ccc(S(=O)(=O)N(CC(C)C)CC(C)C)s1. The molecule has 1 rings (SSSR count). The van der Waals surface area contributed by atoms with Crippen LogP contribution in [0, 0.1) is 11.8 Å². The molecule has 1 N–H and O–H groups in total. The zero-order valence-corrected chi connectivity index (χ0v) is 15.4. The maximum Gasteiger partial charge on any atom is 0.252 e. The fraction of sp³-hybridized carbons (Fsp3) is 0.733. The molecule has 1 aromatic rings. The lowest BCUT2D eigenvalue weighted by atomic mass is 10.2. The van der Waals surface area contributed by atoms with Gasteiger partial charge in [-0.3, -0.25) is 0 Å². The maximum atomic E-state index is 12.8. The van der Waals surface area contributed by atoms with Crippen molar-refractivity contribution in [3.63, 3.8) is 0 Å². The predicted octanol–water partition coefficient (Wildman–Crippen LogP) is 2.81. The van der Waals surface area contributed by atoms with Gasteiger partial charge in [-0.15, -0.1) is 11.3 Å². The van der Waals surface area contributed by atoms with Crippen LogP contribution >= 0.6 is 11.3 Å². The van der Waals surface area contributed by atoms with E-state index in [1.807, 2.05) is 13.1 Å². The van der Waals surface area contributed by atoms with E-state index in [0.717, 1.165) is 17.8 Å². The molecule has 4 nitrogen and oxygen atoms in total. The van der Waals surface area contributed by atoms with Crippen molar-refractivity contribution in [1.29, 1.82) is 0 Å². The van der Waals surface area contributed by atoms with Crippen LogP contribution in [0.5, 0.6) is 0 Å². The molecule has 0 unspecified atom stereocenters. The van der Waals surface area contributed by atoms with Crippen LogP contribution in [-0.2, 0) is 16.4 Å². The third kappa shape index (κ3) is 5.70. The molecule has 0 atom stereocenters. The molecule has 0 aliphatic rings. The number of hydrogen-bond donors (Lipinski definition) is 1. The summed E-state index contributed by atoms with van der Waals surface area (Å²) < 4.78 is 27.7. The summed E-state index contributed by atoms with van der Waals surface area (Å²) in [6, 6.07) is 3.68. The van der Waals surface area contributed by atoms with E-state index >= 15 is 0 Å². The largest absolute Gasteiger partial charge is 0.319 e. The molecule has 1 aromatic heterocycles. The standard InChI is InChI=1S/C15H28N2O2S2/c1-12(2)10-17(11-13(3)4)21(18,19)15-7-6-14(20-15)8-9-16-5/h6-7,12-13,16H,8-11H2,1-5H3. The Morgan fingerprint density at radius 1 is 1.14 bits per heavy atom. The monoisotopic (exact) mass is 332 g/mol. The van der Waals surface area contributed by atoms with Crippen LogP contribution in [0.1, 0.15) is 32.6 Å². The zero-order chi connectivity index (χ0) is 16.0. The number of thiophene rings is 1. The third-order valence-electron chi connectivity index (χ3n) is 2.99. The average Bonchev–Trinajstić information content (AvgIpc) is 2.83. The van der Waals surface area contributed by atoms with Gasteiger partial charge in [0.25, 0.3) is 10.0 Å². The van der Waals surface area contributed by atoms with Crippen molar-refractivity contribution in [1.82, 2.24) is 9.62 Å². The lowest BCUT2D eigenvalue weighted by molar-refractivity contribution is 0.334. The summed E-state index contributed by atoms with van der Waals surface area (Å²) in [5.41, 5.74) is 0. The van der Waals surface area contributed by atoms with E-state index in [1.54, 1.807) is 10.4 Å². The van der Waals surface area contributed by atoms with Crippen molar-refractivity contribution in [2.45, 2.75) is 38.3 Å². The summed E-state index contributed by atoms with van der Waals surface area (Å²) in [7, 11) is -1.46. The van der Waals surface area contributed by atoms with E-state index in [4.69, 9.17) is 0 Å². The first-order chi connectivity index (χ1) is 9.77. The van der Waals surface area contributed by atoms with Gasteiger partial charge < -0.3 is 5.32 Å². The first-order valence-electron chi connectivity index (χ1n) is 7.50. The minimum Gasteiger partial charge on any atom is -0.319 e. The van der Waals surface area contributed by atoms with Gasteiger partial charge in [-0.2, -0.15) is 4.31 Å². The molecular weight excluding hydrogens is 304 g/mol. The Labute approximate surface area is 133 Å². The number of nitrogens with one attached hydrogen (secondary N) is 1. The first-order valence-corrected chi connectivity index (χ1v) is 9.76. The van der Waals surface area contributed by atoms with E-state index in [-0.39, 0.29) is 0 Å². The molecule has 0 bridgehead atoms.